The summed E-state index contributed by atoms with van der Waals surface area (Å²) in [5, 5.41) is 2.74. The van der Waals surface area contributed by atoms with Crippen LogP contribution in [0.5, 0.6) is 11.5 Å². The number of rotatable bonds is 5. The fraction of sp³-hybridized carbons (Fsp3) is 0.133. The van der Waals surface area contributed by atoms with Crippen LogP contribution in [0.1, 0.15) is 0 Å². The molecule has 0 heterocycles. The van der Waals surface area contributed by atoms with Gasteiger partial charge in [0.1, 0.15) is 11.5 Å². The first-order valence-corrected chi connectivity index (χ1v) is 7.00. The topological polar surface area (TPSA) is 73.6 Å². The highest BCUT2D eigenvalue weighted by atomic mass is 79.9. The van der Waals surface area contributed by atoms with E-state index >= 15 is 0 Å². The van der Waals surface area contributed by atoms with Crippen LogP contribution in [-0.2, 0) is 4.79 Å². The normalized spacial score (nSPS) is 10.0. The molecular formula is C15H15BrN2O3. The summed E-state index contributed by atoms with van der Waals surface area (Å²) in [5.41, 5.74) is 6.85. The van der Waals surface area contributed by atoms with Crippen LogP contribution in [0, 0.1) is 0 Å². The molecule has 5 nitrogen and oxygen atoms in total. The Hall–Kier alpha value is -2.21. The number of nitrogens with two attached hydrogens (primary N) is 1. The maximum Gasteiger partial charge on any atom is 0.262 e. The van der Waals surface area contributed by atoms with Crippen molar-refractivity contribution < 1.29 is 14.3 Å². The molecule has 0 unspecified atom stereocenters. The second kappa shape index (κ2) is 6.99. The van der Waals surface area contributed by atoms with Crippen molar-refractivity contribution in [3.8, 4) is 11.5 Å². The number of hydrogen-bond donors (Lipinski definition) is 2. The standard InChI is InChI=1S/C15H15BrN2O3/c1-20-10-6-7-11(16)13(8-10)18-15(19)9-21-14-5-3-2-4-12(14)17/h2-8H,9,17H2,1H3,(H,18,19). The predicted molar refractivity (Wildman–Crippen MR) is 85.7 cm³/mol. The van der Waals surface area contributed by atoms with Crippen molar-refractivity contribution in [2.45, 2.75) is 0 Å². The number of halogens is 1. The molecule has 0 aliphatic carbocycles. The molecule has 21 heavy (non-hydrogen) atoms. The molecule has 0 aromatic heterocycles. The first-order valence-electron chi connectivity index (χ1n) is 6.21. The lowest BCUT2D eigenvalue weighted by atomic mass is 10.3. The summed E-state index contributed by atoms with van der Waals surface area (Å²) >= 11 is 3.36. The average Bonchev–Trinajstić information content (AvgIpc) is 2.48. The first-order chi connectivity index (χ1) is 10.1. The van der Waals surface area contributed by atoms with E-state index < -0.39 is 0 Å². The Bertz CT molecular complexity index is 647. The van der Waals surface area contributed by atoms with Crippen LogP contribution >= 0.6 is 15.9 Å². The highest BCUT2D eigenvalue weighted by Crippen LogP contribution is 2.27. The second-order valence-electron chi connectivity index (χ2n) is 4.22. The number of nitrogen functional groups attached to an aromatic ring is 1. The Kier molecular flexibility index (Phi) is 5.05. The molecule has 3 N–H and O–H groups in total. The maximum absolute atomic E-state index is 11.9. The summed E-state index contributed by atoms with van der Waals surface area (Å²) in [4.78, 5) is 11.9. The first kappa shape index (κ1) is 15.2. The lowest BCUT2D eigenvalue weighted by Crippen LogP contribution is -2.20. The van der Waals surface area contributed by atoms with Crippen molar-refractivity contribution in [3.05, 3.63) is 46.9 Å². The van der Waals surface area contributed by atoms with E-state index in [9.17, 15) is 4.79 Å². The Morgan fingerprint density at radius 1 is 1.29 bits per heavy atom. The van der Waals surface area contributed by atoms with E-state index in [0.717, 1.165) is 4.47 Å². The summed E-state index contributed by atoms with van der Waals surface area (Å²) in [6.45, 7) is -0.127. The molecule has 0 spiro atoms. The minimum absolute atomic E-state index is 0.127. The molecule has 1 amide bonds. The Morgan fingerprint density at radius 2 is 2.05 bits per heavy atom. The zero-order valence-electron chi connectivity index (χ0n) is 11.4. The van der Waals surface area contributed by atoms with E-state index in [1.54, 1.807) is 49.6 Å². The van der Waals surface area contributed by atoms with E-state index in [1.165, 1.54) is 0 Å². The van der Waals surface area contributed by atoms with E-state index in [2.05, 4.69) is 21.2 Å². The number of methoxy groups -OCH3 is 1. The van der Waals surface area contributed by atoms with E-state index in [0.29, 0.717) is 22.9 Å². The molecule has 0 aliphatic heterocycles. The molecule has 0 saturated carbocycles. The number of ether oxygens (including phenoxy) is 2. The van der Waals surface area contributed by atoms with Crippen LogP contribution in [0.2, 0.25) is 0 Å². The molecule has 0 bridgehead atoms. The molecule has 6 heteroatoms. The average molecular weight is 351 g/mol. The van der Waals surface area contributed by atoms with Crippen molar-refractivity contribution >= 4 is 33.2 Å². The van der Waals surface area contributed by atoms with Gasteiger partial charge in [0.25, 0.3) is 5.91 Å². The lowest BCUT2D eigenvalue weighted by molar-refractivity contribution is -0.118. The third-order valence-electron chi connectivity index (χ3n) is 2.73. The zero-order chi connectivity index (χ0) is 15.2. The third-order valence-corrected chi connectivity index (χ3v) is 3.42. The van der Waals surface area contributed by atoms with Gasteiger partial charge in [-0.3, -0.25) is 4.79 Å². The molecule has 0 saturated heterocycles. The summed E-state index contributed by atoms with van der Waals surface area (Å²) in [5.74, 6) is 0.853. The predicted octanol–water partition coefficient (Wildman–Crippen LogP) is 3.06. The van der Waals surface area contributed by atoms with Crippen molar-refractivity contribution in [1.29, 1.82) is 0 Å². The highest BCUT2D eigenvalue weighted by Gasteiger charge is 2.08. The van der Waals surface area contributed by atoms with E-state index in [1.807, 2.05) is 0 Å². The number of amides is 1. The van der Waals surface area contributed by atoms with Crippen LogP contribution in [-0.4, -0.2) is 19.6 Å². The van der Waals surface area contributed by atoms with E-state index in [4.69, 9.17) is 15.2 Å². The van der Waals surface area contributed by atoms with Gasteiger partial charge in [0, 0.05) is 10.5 Å². The minimum atomic E-state index is -0.285. The van der Waals surface area contributed by atoms with Crippen LogP contribution in [0.25, 0.3) is 0 Å². The van der Waals surface area contributed by atoms with Crippen molar-refractivity contribution in [1.82, 2.24) is 0 Å². The quantitative estimate of drug-likeness (QED) is 0.812. The van der Waals surface area contributed by atoms with E-state index in [-0.39, 0.29) is 12.5 Å². The zero-order valence-corrected chi connectivity index (χ0v) is 13.0. The second-order valence-corrected chi connectivity index (χ2v) is 5.07. The number of carbonyl (C=O) groups is 1. The van der Waals surface area contributed by atoms with Gasteiger partial charge >= 0.3 is 0 Å². The smallest absolute Gasteiger partial charge is 0.262 e. The summed E-state index contributed by atoms with van der Waals surface area (Å²) in [6.07, 6.45) is 0. The third kappa shape index (κ3) is 4.13. The van der Waals surface area contributed by atoms with Crippen LogP contribution in [0.3, 0.4) is 0 Å². The Morgan fingerprint density at radius 3 is 2.76 bits per heavy atom. The van der Waals surface area contributed by atoms with Crippen molar-refractivity contribution in [2.75, 3.05) is 24.8 Å². The lowest BCUT2D eigenvalue weighted by Gasteiger charge is -2.11. The van der Waals surface area contributed by atoms with Gasteiger partial charge < -0.3 is 20.5 Å². The number of anilines is 2. The van der Waals surface area contributed by atoms with Gasteiger partial charge in [-0.15, -0.1) is 0 Å². The fourth-order valence-corrected chi connectivity index (χ4v) is 2.01. The van der Waals surface area contributed by atoms with Crippen molar-refractivity contribution in [2.24, 2.45) is 0 Å². The Labute approximate surface area is 131 Å². The van der Waals surface area contributed by atoms with Crippen LogP contribution < -0.4 is 20.5 Å². The molecule has 0 radical (unpaired) electrons. The number of para-hydroxylation sites is 2. The molecule has 0 fully saturated rings. The molecule has 0 atom stereocenters. The molecular weight excluding hydrogens is 336 g/mol. The number of benzene rings is 2. The fourth-order valence-electron chi connectivity index (χ4n) is 1.67. The molecule has 2 aromatic carbocycles. The van der Waals surface area contributed by atoms with Gasteiger partial charge in [0.05, 0.1) is 18.5 Å². The summed E-state index contributed by atoms with van der Waals surface area (Å²) < 4.78 is 11.3. The molecule has 110 valence electrons. The van der Waals surface area contributed by atoms with Gasteiger partial charge in [-0.1, -0.05) is 12.1 Å². The van der Waals surface area contributed by atoms with Crippen molar-refractivity contribution in [3.63, 3.8) is 0 Å². The van der Waals surface area contributed by atoms with Gasteiger partial charge in [-0.05, 0) is 40.2 Å². The highest BCUT2D eigenvalue weighted by molar-refractivity contribution is 9.10. The summed E-state index contributed by atoms with van der Waals surface area (Å²) in [7, 11) is 1.57. The molecule has 2 aromatic rings. The number of carbonyl (C=O) groups excluding carboxylic acids is 1. The SMILES string of the molecule is COc1ccc(Br)c(NC(=O)COc2ccccc2N)c1. The monoisotopic (exact) mass is 350 g/mol. The van der Waals surface area contributed by atoms with Gasteiger partial charge in [0.2, 0.25) is 0 Å². The largest absolute Gasteiger partial charge is 0.497 e. The molecule has 0 aliphatic rings. The van der Waals surface area contributed by atoms with Crippen LogP contribution in [0.4, 0.5) is 11.4 Å². The Balaban J connectivity index is 1.97. The van der Waals surface area contributed by atoms with Crippen LogP contribution in [0.15, 0.2) is 46.9 Å². The molecule has 2 rings (SSSR count). The van der Waals surface area contributed by atoms with Gasteiger partial charge in [-0.25, -0.2) is 0 Å². The minimum Gasteiger partial charge on any atom is -0.497 e. The van der Waals surface area contributed by atoms with Gasteiger partial charge in [0.15, 0.2) is 6.61 Å². The van der Waals surface area contributed by atoms with Gasteiger partial charge in [-0.2, -0.15) is 0 Å². The maximum atomic E-state index is 11.9. The number of nitrogens with one attached hydrogen (secondary N) is 1. The summed E-state index contributed by atoms with van der Waals surface area (Å²) in [6, 6.07) is 12.3. The number of hydrogen-bond acceptors (Lipinski definition) is 4.